The van der Waals surface area contributed by atoms with Gasteiger partial charge in [0, 0.05) is 18.3 Å². The first-order valence-corrected chi connectivity index (χ1v) is 6.04. The van der Waals surface area contributed by atoms with E-state index in [1.807, 2.05) is 53.1 Å². The van der Waals surface area contributed by atoms with E-state index >= 15 is 0 Å². The summed E-state index contributed by atoms with van der Waals surface area (Å²) in [6.45, 7) is 0. The van der Waals surface area contributed by atoms with E-state index in [2.05, 4.69) is 10.3 Å². The van der Waals surface area contributed by atoms with Gasteiger partial charge in [0.25, 0.3) is 5.91 Å². The van der Waals surface area contributed by atoms with E-state index in [4.69, 9.17) is 0 Å². The van der Waals surface area contributed by atoms with Gasteiger partial charge in [0.2, 0.25) is 0 Å². The predicted molar refractivity (Wildman–Crippen MR) is 74.5 cm³/mol. The third-order valence-electron chi connectivity index (χ3n) is 3.09. The van der Waals surface area contributed by atoms with E-state index < -0.39 is 0 Å². The summed E-state index contributed by atoms with van der Waals surface area (Å²) in [6, 6.07) is 15.4. The molecule has 3 rings (SSSR count). The third kappa shape index (κ3) is 1.97. The second-order valence-corrected chi connectivity index (χ2v) is 4.23. The Balaban J connectivity index is 2.05. The molecule has 0 aliphatic carbocycles. The summed E-state index contributed by atoms with van der Waals surface area (Å²) in [7, 11) is 1.62. The molecule has 0 spiro atoms. The number of rotatable bonds is 2. The van der Waals surface area contributed by atoms with Crippen LogP contribution in [0.25, 0.3) is 16.7 Å². The van der Waals surface area contributed by atoms with Crippen molar-refractivity contribution in [1.29, 1.82) is 0 Å². The van der Waals surface area contributed by atoms with Gasteiger partial charge >= 0.3 is 0 Å². The fourth-order valence-electron chi connectivity index (χ4n) is 2.08. The zero-order chi connectivity index (χ0) is 13.2. The molecule has 0 saturated heterocycles. The van der Waals surface area contributed by atoms with Gasteiger partial charge in [-0.05, 0) is 36.4 Å². The van der Waals surface area contributed by atoms with Crippen molar-refractivity contribution in [2.45, 2.75) is 0 Å². The normalized spacial score (nSPS) is 10.6. The second kappa shape index (κ2) is 4.57. The first-order chi connectivity index (χ1) is 9.29. The lowest BCUT2D eigenvalue weighted by molar-refractivity contribution is 0.0963. The van der Waals surface area contributed by atoms with Gasteiger partial charge < -0.3 is 5.32 Å². The molecule has 1 aromatic heterocycles. The van der Waals surface area contributed by atoms with Crippen LogP contribution in [0, 0.1) is 0 Å². The number of para-hydroxylation sites is 2. The minimum atomic E-state index is -0.0814. The Morgan fingerprint density at radius 2 is 1.84 bits per heavy atom. The maximum atomic E-state index is 11.5. The Labute approximate surface area is 110 Å². The highest BCUT2D eigenvalue weighted by Gasteiger charge is 2.06. The number of carbonyl (C=O) groups is 1. The highest BCUT2D eigenvalue weighted by atomic mass is 16.1. The van der Waals surface area contributed by atoms with Gasteiger partial charge in [-0.25, -0.2) is 4.98 Å². The zero-order valence-corrected chi connectivity index (χ0v) is 10.5. The summed E-state index contributed by atoms with van der Waals surface area (Å²) >= 11 is 0. The first kappa shape index (κ1) is 11.5. The molecule has 19 heavy (non-hydrogen) atoms. The van der Waals surface area contributed by atoms with Crippen LogP contribution in [-0.2, 0) is 0 Å². The molecule has 0 aliphatic heterocycles. The maximum Gasteiger partial charge on any atom is 0.251 e. The van der Waals surface area contributed by atoms with Gasteiger partial charge in [-0.15, -0.1) is 0 Å². The van der Waals surface area contributed by atoms with Crippen molar-refractivity contribution in [3.63, 3.8) is 0 Å². The SMILES string of the molecule is CNC(=O)c1ccc(-n2cnc3ccccc32)cc1. The molecule has 1 N–H and O–H groups in total. The minimum Gasteiger partial charge on any atom is -0.355 e. The Kier molecular flexibility index (Phi) is 2.76. The molecular formula is C15H13N3O. The molecule has 0 unspecified atom stereocenters. The van der Waals surface area contributed by atoms with E-state index in [1.165, 1.54) is 0 Å². The van der Waals surface area contributed by atoms with Crippen molar-refractivity contribution < 1.29 is 4.79 Å². The largest absolute Gasteiger partial charge is 0.355 e. The third-order valence-corrected chi connectivity index (χ3v) is 3.09. The summed E-state index contributed by atoms with van der Waals surface area (Å²) in [5.41, 5.74) is 3.64. The van der Waals surface area contributed by atoms with Gasteiger partial charge in [-0.2, -0.15) is 0 Å². The fraction of sp³-hybridized carbons (Fsp3) is 0.0667. The van der Waals surface area contributed by atoms with E-state index in [-0.39, 0.29) is 5.91 Å². The molecule has 2 aromatic carbocycles. The summed E-state index contributed by atoms with van der Waals surface area (Å²) in [5.74, 6) is -0.0814. The Morgan fingerprint density at radius 3 is 2.58 bits per heavy atom. The molecule has 4 nitrogen and oxygen atoms in total. The molecule has 0 fully saturated rings. The van der Waals surface area contributed by atoms with Crippen LogP contribution in [0.3, 0.4) is 0 Å². The van der Waals surface area contributed by atoms with Crippen molar-refractivity contribution in [1.82, 2.24) is 14.9 Å². The summed E-state index contributed by atoms with van der Waals surface area (Å²) in [4.78, 5) is 15.8. The number of aromatic nitrogens is 2. The lowest BCUT2D eigenvalue weighted by atomic mass is 10.2. The topological polar surface area (TPSA) is 46.9 Å². The lowest BCUT2D eigenvalue weighted by Crippen LogP contribution is -2.17. The van der Waals surface area contributed by atoms with Crippen LogP contribution in [0.1, 0.15) is 10.4 Å². The molecule has 94 valence electrons. The summed E-state index contributed by atoms with van der Waals surface area (Å²) < 4.78 is 2.00. The van der Waals surface area contributed by atoms with Crippen molar-refractivity contribution in [2.24, 2.45) is 0 Å². The molecule has 3 aromatic rings. The van der Waals surface area contributed by atoms with E-state index in [0.717, 1.165) is 16.7 Å². The maximum absolute atomic E-state index is 11.5. The van der Waals surface area contributed by atoms with E-state index in [0.29, 0.717) is 5.56 Å². The molecule has 0 aliphatic rings. The summed E-state index contributed by atoms with van der Waals surface area (Å²) in [5, 5.41) is 2.61. The highest BCUT2D eigenvalue weighted by Crippen LogP contribution is 2.18. The predicted octanol–water partition coefficient (Wildman–Crippen LogP) is 2.39. The smallest absolute Gasteiger partial charge is 0.251 e. The number of carbonyl (C=O) groups excluding carboxylic acids is 1. The highest BCUT2D eigenvalue weighted by molar-refractivity contribution is 5.94. The van der Waals surface area contributed by atoms with Crippen LogP contribution in [0.2, 0.25) is 0 Å². The van der Waals surface area contributed by atoms with Gasteiger partial charge in [0.15, 0.2) is 0 Å². The quantitative estimate of drug-likeness (QED) is 0.760. The zero-order valence-electron chi connectivity index (χ0n) is 10.5. The fourth-order valence-corrected chi connectivity index (χ4v) is 2.08. The Bertz CT molecular complexity index is 728. The van der Waals surface area contributed by atoms with E-state index in [1.54, 1.807) is 13.4 Å². The molecule has 1 amide bonds. The van der Waals surface area contributed by atoms with Crippen molar-refractivity contribution in [2.75, 3.05) is 7.05 Å². The number of benzene rings is 2. The molecule has 0 atom stereocenters. The van der Waals surface area contributed by atoms with Crippen LogP contribution < -0.4 is 5.32 Å². The van der Waals surface area contributed by atoms with Crippen molar-refractivity contribution in [3.8, 4) is 5.69 Å². The Morgan fingerprint density at radius 1 is 1.11 bits per heavy atom. The number of hydrogen-bond donors (Lipinski definition) is 1. The van der Waals surface area contributed by atoms with Crippen LogP contribution in [0.5, 0.6) is 0 Å². The minimum absolute atomic E-state index is 0.0814. The first-order valence-electron chi connectivity index (χ1n) is 6.04. The second-order valence-electron chi connectivity index (χ2n) is 4.23. The number of imidazole rings is 1. The van der Waals surface area contributed by atoms with Gasteiger partial charge in [-0.1, -0.05) is 12.1 Å². The molecular weight excluding hydrogens is 238 g/mol. The van der Waals surface area contributed by atoms with Crippen LogP contribution in [-0.4, -0.2) is 22.5 Å². The van der Waals surface area contributed by atoms with Crippen LogP contribution in [0.4, 0.5) is 0 Å². The standard InChI is InChI=1S/C15H13N3O/c1-16-15(19)11-6-8-12(9-7-11)18-10-17-13-4-2-3-5-14(13)18/h2-10H,1H3,(H,16,19). The van der Waals surface area contributed by atoms with Gasteiger partial charge in [0.1, 0.15) is 6.33 Å². The van der Waals surface area contributed by atoms with E-state index in [9.17, 15) is 4.79 Å². The Hall–Kier alpha value is -2.62. The summed E-state index contributed by atoms with van der Waals surface area (Å²) in [6.07, 6.45) is 1.79. The van der Waals surface area contributed by atoms with Gasteiger partial charge in [0.05, 0.1) is 11.0 Å². The average Bonchev–Trinajstić information content (AvgIpc) is 2.90. The molecule has 0 radical (unpaired) electrons. The van der Waals surface area contributed by atoms with Crippen LogP contribution in [0.15, 0.2) is 54.9 Å². The monoisotopic (exact) mass is 251 g/mol. The lowest BCUT2D eigenvalue weighted by Gasteiger charge is -2.05. The number of amides is 1. The number of nitrogens with zero attached hydrogens (tertiary/aromatic N) is 2. The molecule has 1 heterocycles. The van der Waals surface area contributed by atoms with Gasteiger partial charge in [-0.3, -0.25) is 9.36 Å². The van der Waals surface area contributed by atoms with Crippen molar-refractivity contribution in [3.05, 3.63) is 60.4 Å². The molecule has 0 saturated carbocycles. The van der Waals surface area contributed by atoms with Crippen LogP contribution >= 0.6 is 0 Å². The van der Waals surface area contributed by atoms with Crippen molar-refractivity contribution >= 4 is 16.9 Å². The molecule has 4 heteroatoms. The number of hydrogen-bond acceptors (Lipinski definition) is 2. The number of nitrogens with one attached hydrogen (secondary N) is 1. The molecule has 0 bridgehead atoms. The average molecular weight is 251 g/mol. The number of fused-ring (bicyclic) bond motifs is 1.